The fourth-order valence-electron chi connectivity index (χ4n) is 1.98. The van der Waals surface area contributed by atoms with Gasteiger partial charge >= 0.3 is 0 Å². The van der Waals surface area contributed by atoms with Crippen LogP contribution in [0.3, 0.4) is 0 Å². The van der Waals surface area contributed by atoms with Gasteiger partial charge in [0.25, 0.3) is 5.56 Å². The van der Waals surface area contributed by atoms with E-state index in [1.807, 2.05) is 0 Å². The molecule has 2 heterocycles. The molecular formula is C11H15BrN4O2. The van der Waals surface area contributed by atoms with E-state index in [0.717, 1.165) is 5.69 Å². The van der Waals surface area contributed by atoms with Crippen LogP contribution in [0.5, 0.6) is 0 Å². The summed E-state index contributed by atoms with van der Waals surface area (Å²) < 4.78 is 1.82. The van der Waals surface area contributed by atoms with E-state index in [0.29, 0.717) is 30.7 Å². The molecule has 0 saturated carbocycles. The Morgan fingerprint density at radius 2 is 1.94 bits per heavy atom. The molecule has 1 aromatic rings. The van der Waals surface area contributed by atoms with Gasteiger partial charge in [0.2, 0.25) is 5.91 Å². The number of piperazine rings is 1. The highest BCUT2D eigenvalue weighted by Crippen LogP contribution is 2.22. The average Bonchev–Trinajstić information content (AvgIpc) is 2.36. The first-order chi connectivity index (χ1) is 8.50. The summed E-state index contributed by atoms with van der Waals surface area (Å²) in [5, 5.41) is 4.02. The van der Waals surface area contributed by atoms with E-state index in [1.165, 1.54) is 4.68 Å². The van der Waals surface area contributed by atoms with E-state index in [2.05, 4.69) is 25.9 Å². The van der Waals surface area contributed by atoms with Crippen LogP contribution in [0.2, 0.25) is 0 Å². The first-order valence-corrected chi connectivity index (χ1v) is 6.52. The number of halogens is 1. The lowest BCUT2D eigenvalue weighted by atomic mass is 10.3. The number of carbonyl (C=O) groups is 1. The number of hydrogen-bond donors (Lipinski definition) is 0. The molecular weight excluding hydrogens is 300 g/mol. The van der Waals surface area contributed by atoms with E-state index in [1.54, 1.807) is 25.1 Å². The van der Waals surface area contributed by atoms with Gasteiger partial charge in [-0.3, -0.25) is 9.59 Å². The third kappa shape index (κ3) is 2.40. The summed E-state index contributed by atoms with van der Waals surface area (Å²) in [6.07, 6.45) is 1.68. The second kappa shape index (κ2) is 5.09. The highest BCUT2D eigenvalue weighted by atomic mass is 79.9. The van der Waals surface area contributed by atoms with Crippen molar-refractivity contribution in [2.75, 3.05) is 31.1 Å². The SMILES string of the molecule is CC(=O)N1CCN(c2cnn(C)c(=O)c2Br)CC1. The molecule has 7 heteroatoms. The van der Waals surface area contributed by atoms with Crippen molar-refractivity contribution in [1.82, 2.24) is 14.7 Å². The van der Waals surface area contributed by atoms with Crippen LogP contribution in [0.25, 0.3) is 0 Å². The number of aromatic nitrogens is 2. The summed E-state index contributed by atoms with van der Waals surface area (Å²) in [5.74, 6) is 0.0933. The van der Waals surface area contributed by atoms with Crippen molar-refractivity contribution in [3.05, 3.63) is 21.0 Å². The predicted octanol–water partition coefficient (Wildman–Crippen LogP) is 0.211. The van der Waals surface area contributed by atoms with Gasteiger partial charge in [-0.1, -0.05) is 0 Å². The molecule has 1 aliphatic heterocycles. The van der Waals surface area contributed by atoms with Crippen molar-refractivity contribution in [3.8, 4) is 0 Å². The average molecular weight is 315 g/mol. The molecule has 18 heavy (non-hydrogen) atoms. The van der Waals surface area contributed by atoms with Gasteiger partial charge in [0.05, 0.1) is 11.9 Å². The van der Waals surface area contributed by atoms with Crippen LogP contribution in [0.1, 0.15) is 6.92 Å². The summed E-state index contributed by atoms with van der Waals surface area (Å²) in [6, 6.07) is 0. The summed E-state index contributed by atoms with van der Waals surface area (Å²) in [6.45, 7) is 4.36. The maximum Gasteiger partial charge on any atom is 0.282 e. The van der Waals surface area contributed by atoms with Gasteiger partial charge < -0.3 is 9.80 Å². The van der Waals surface area contributed by atoms with E-state index in [9.17, 15) is 9.59 Å². The van der Waals surface area contributed by atoms with Crippen molar-refractivity contribution in [3.63, 3.8) is 0 Å². The molecule has 98 valence electrons. The summed E-state index contributed by atoms with van der Waals surface area (Å²) in [7, 11) is 1.62. The van der Waals surface area contributed by atoms with E-state index in [4.69, 9.17) is 0 Å². The minimum absolute atomic E-state index is 0.0933. The summed E-state index contributed by atoms with van der Waals surface area (Å²) in [5.41, 5.74) is 0.641. The van der Waals surface area contributed by atoms with Crippen molar-refractivity contribution in [1.29, 1.82) is 0 Å². The Labute approximate surface area is 113 Å². The van der Waals surface area contributed by atoms with Gasteiger partial charge in [0, 0.05) is 40.2 Å². The maximum absolute atomic E-state index is 11.8. The van der Waals surface area contributed by atoms with Crippen molar-refractivity contribution < 1.29 is 4.79 Å². The molecule has 1 saturated heterocycles. The second-order valence-corrected chi connectivity index (χ2v) is 5.06. The van der Waals surface area contributed by atoms with E-state index >= 15 is 0 Å². The summed E-state index contributed by atoms with van der Waals surface area (Å²) >= 11 is 3.32. The Bertz CT molecular complexity index is 520. The van der Waals surface area contributed by atoms with Gasteiger partial charge in [0.15, 0.2) is 0 Å². The third-order valence-corrected chi connectivity index (χ3v) is 3.87. The Balaban J connectivity index is 2.18. The van der Waals surface area contributed by atoms with Crippen LogP contribution in [0.4, 0.5) is 5.69 Å². The molecule has 0 unspecified atom stereocenters. The largest absolute Gasteiger partial charge is 0.366 e. The topological polar surface area (TPSA) is 58.4 Å². The molecule has 0 bridgehead atoms. The van der Waals surface area contributed by atoms with Crippen LogP contribution in [-0.4, -0.2) is 46.8 Å². The Morgan fingerprint density at radius 3 is 2.50 bits per heavy atom. The number of aryl methyl sites for hydroxylation is 1. The lowest BCUT2D eigenvalue weighted by molar-refractivity contribution is -0.129. The zero-order valence-electron chi connectivity index (χ0n) is 10.4. The fraction of sp³-hybridized carbons (Fsp3) is 0.545. The Morgan fingerprint density at radius 1 is 1.33 bits per heavy atom. The minimum atomic E-state index is -0.151. The molecule has 0 spiro atoms. The fourth-order valence-corrected chi connectivity index (χ4v) is 2.59. The van der Waals surface area contributed by atoms with Crippen molar-refractivity contribution in [2.24, 2.45) is 7.05 Å². The number of carbonyl (C=O) groups excluding carboxylic acids is 1. The van der Waals surface area contributed by atoms with Gasteiger partial charge in [0.1, 0.15) is 4.47 Å². The second-order valence-electron chi connectivity index (χ2n) is 4.27. The van der Waals surface area contributed by atoms with Gasteiger partial charge in [-0.15, -0.1) is 0 Å². The lowest BCUT2D eigenvalue weighted by Gasteiger charge is -2.35. The van der Waals surface area contributed by atoms with Crippen LogP contribution >= 0.6 is 15.9 Å². The number of anilines is 1. The van der Waals surface area contributed by atoms with Crippen molar-refractivity contribution >= 4 is 27.5 Å². The Hall–Kier alpha value is -1.37. The standard InChI is InChI=1S/C11H15BrN4O2/c1-8(17)15-3-5-16(6-4-15)9-7-13-14(2)11(18)10(9)12/h7H,3-6H2,1-2H3. The smallest absolute Gasteiger partial charge is 0.282 e. The van der Waals surface area contributed by atoms with Crippen molar-refractivity contribution in [2.45, 2.75) is 6.92 Å². The first kappa shape index (κ1) is 13.1. The van der Waals surface area contributed by atoms with Gasteiger partial charge in [-0.05, 0) is 15.9 Å². The maximum atomic E-state index is 11.8. The lowest BCUT2D eigenvalue weighted by Crippen LogP contribution is -2.48. The van der Waals surface area contributed by atoms with Crippen LogP contribution in [0, 0.1) is 0 Å². The quantitative estimate of drug-likeness (QED) is 0.743. The molecule has 0 aromatic carbocycles. The van der Waals surface area contributed by atoms with Crippen LogP contribution < -0.4 is 10.5 Å². The normalized spacial score (nSPS) is 15.9. The molecule has 0 radical (unpaired) electrons. The molecule has 6 nitrogen and oxygen atoms in total. The monoisotopic (exact) mass is 314 g/mol. The van der Waals surface area contributed by atoms with Crippen LogP contribution in [0.15, 0.2) is 15.5 Å². The first-order valence-electron chi connectivity index (χ1n) is 5.73. The molecule has 2 rings (SSSR count). The van der Waals surface area contributed by atoms with E-state index < -0.39 is 0 Å². The summed E-state index contributed by atoms with van der Waals surface area (Å²) in [4.78, 5) is 26.9. The molecule has 1 fully saturated rings. The van der Waals surface area contributed by atoms with Crippen LogP contribution in [-0.2, 0) is 11.8 Å². The third-order valence-electron chi connectivity index (χ3n) is 3.13. The number of hydrogen-bond acceptors (Lipinski definition) is 4. The Kier molecular flexibility index (Phi) is 3.70. The molecule has 1 amide bonds. The number of rotatable bonds is 1. The number of nitrogens with zero attached hydrogens (tertiary/aromatic N) is 4. The van der Waals surface area contributed by atoms with E-state index in [-0.39, 0.29) is 11.5 Å². The van der Waals surface area contributed by atoms with Gasteiger partial charge in [-0.2, -0.15) is 5.10 Å². The zero-order chi connectivity index (χ0) is 13.3. The highest BCUT2D eigenvalue weighted by Gasteiger charge is 2.21. The number of amides is 1. The molecule has 1 aliphatic rings. The molecule has 0 N–H and O–H groups in total. The minimum Gasteiger partial charge on any atom is -0.366 e. The zero-order valence-corrected chi connectivity index (χ0v) is 12.0. The molecule has 0 aliphatic carbocycles. The molecule has 1 aromatic heterocycles. The van der Waals surface area contributed by atoms with Gasteiger partial charge in [-0.25, -0.2) is 4.68 Å². The molecule has 0 atom stereocenters. The highest BCUT2D eigenvalue weighted by molar-refractivity contribution is 9.10. The predicted molar refractivity (Wildman–Crippen MR) is 71.6 cm³/mol.